The Hall–Kier alpha value is -3.34. The second-order valence-corrected chi connectivity index (χ2v) is 12.4. The highest BCUT2D eigenvalue weighted by Crippen LogP contribution is 2.30. The minimum atomic E-state index is -3.44. The number of nitrogens with zero attached hydrogens (tertiary/aromatic N) is 2. The van der Waals surface area contributed by atoms with Gasteiger partial charge in [0.05, 0.1) is 28.5 Å². The fourth-order valence-electron chi connectivity index (χ4n) is 4.81. The lowest BCUT2D eigenvalue weighted by Crippen LogP contribution is -2.61. The number of sulfone groups is 1. The molecule has 1 aromatic heterocycles. The molecule has 0 radical (unpaired) electrons. The lowest BCUT2D eigenvalue weighted by atomic mass is 10.0. The maximum atomic E-state index is 12.9. The lowest BCUT2D eigenvalue weighted by Gasteiger charge is -2.38. The monoisotopic (exact) mass is 522 g/mol. The van der Waals surface area contributed by atoms with Crippen LogP contribution in [0.25, 0.3) is 0 Å². The summed E-state index contributed by atoms with van der Waals surface area (Å²) in [6, 6.07) is 16.9. The molecule has 0 amide bonds. The van der Waals surface area contributed by atoms with Gasteiger partial charge >= 0.3 is 0 Å². The Balaban J connectivity index is 1.42. The molecule has 1 saturated heterocycles. The van der Waals surface area contributed by atoms with E-state index in [4.69, 9.17) is 10.7 Å². The molecule has 3 aromatic rings. The number of anilines is 2. The van der Waals surface area contributed by atoms with E-state index in [1.807, 2.05) is 42.6 Å². The number of nitrogens with one attached hydrogen (secondary N) is 3. The van der Waals surface area contributed by atoms with Gasteiger partial charge in [0.1, 0.15) is 5.69 Å². The summed E-state index contributed by atoms with van der Waals surface area (Å²) in [4.78, 5) is 10.5. The first-order chi connectivity index (χ1) is 17.7. The third-order valence-corrected chi connectivity index (χ3v) is 9.34. The van der Waals surface area contributed by atoms with Gasteiger partial charge in [-0.2, -0.15) is 0 Å². The average molecular weight is 523 g/mol. The van der Waals surface area contributed by atoms with Gasteiger partial charge in [0.25, 0.3) is 0 Å². The Bertz CT molecular complexity index is 1390. The van der Waals surface area contributed by atoms with Crippen LogP contribution in [0.2, 0.25) is 0 Å². The van der Waals surface area contributed by atoms with Gasteiger partial charge in [-0.1, -0.05) is 30.3 Å². The van der Waals surface area contributed by atoms with E-state index in [0.29, 0.717) is 16.3 Å². The van der Waals surface area contributed by atoms with Crippen LogP contribution in [0.3, 0.4) is 0 Å². The van der Waals surface area contributed by atoms with E-state index in [9.17, 15) is 13.5 Å². The molecule has 37 heavy (non-hydrogen) atoms. The summed E-state index contributed by atoms with van der Waals surface area (Å²) in [6.45, 7) is 5.18. The predicted molar refractivity (Wildman–Crippen MR) is 146 cm³/mol. The lowest BCUT2D eigenvalue weighted by molar-refractivity contribution is 0.145. The highest BCUT2D eigenvalue weighted by Gasteiger charge is 2.35. The fraction of sp³-hybridized carbons (Fsp3) is 0.370. The Morgan fingerprint density at radius 2 is 1.78 bits per heavy atom. The SMILES string of the molecule is CC(C)S(=O)(=O)c1ccccc1CN=C1NC(N)(c2ccc(N3CCC(O)CC3)cc2)Nc2cc[nH]c21. The highest BCUT2D eigenvalue weighted by molar-refractivity contribution is 7.92. The van der Waals surface area contributed by atoms with Gasteiger partial charge < -0.3 is 25.6 Å². The number of aliphatic hydroxyl groups excluding tert-OH is 1. The molecule has 9 nitrogen and oxygen atoms in total. The zero-order chi connectivity index (χ0) is 26.2. The zero-order valence-electron chi connectivity index (χ0n) is 21.1. The van der Waals surface area contributed by atoms with Crippen LogP contribution in [0.4, 0.5) is 11.4 Å². The maximum Gasteiger partial charge on any atom is 0.190 e. The summed E-state index contributed by atoms with van der Waals surface area (Å²) in [5.41, 5.74) is 11.0. The van der Waals surface area contributed by atoms with Crippen LogP contribution in [-0.2, 0) is 22.2 Å². The standard InChI is InChI=1S/C27H34N6O3S/c1-18(2)37(35,36)24-6-4-3-5-19(24)17-30-26-25-23(11-14-29-25)31-27(28,32-26)20-7-9-21(10-8-20)33-15-12-22(34)13-16-33/h3-11,14,18,22,29,31,34H,12-13,15-17,28H2,1-2H3,(H,30,32). The molecule has 3 heterocycles. The first-order valence-electron chi connectivity index (χ1n) is 12.6. The number of aliphatic hydroxyl groups is 1. The van der Waals surface area contributed by atoms with E-state index in [2.05, 4.69) is 20.5 Å². The van der Waals surface area contributed by atoms with E-state index in [1.54, 1.807) is 32.0 Å². The number of nitrogens with two attached hydrogens (primary N) is 1. The summed E-state index contributed by atoms with van der Waals surface area (Å²) < 4.78 is 25.8. The number of aromatic nitrogens is 1. The van der Waals surface area contributed by atoms with E-state index in [-0.39, 0.29) is 12.6 Å². The van der Waals surface area contributed by atoms with Crippen LogP contribution < -0.4 is 21.3 Å². The summed E-state index contributed by atoms with van der Waals surface area (Å²) in [5, 5.41) is 16.0. The quantitative estimate of drug-likeness (QED) is 0.336. The van der Waals surface area contributed by atoms with Crippen molar-refractivity contribution in [2.75, 3.05) is 23.3 Å². The van der Waals surface area contributed by atoms with Gasteiger partial charge in [-0.15, -0.1) is 0 Å². The third-order valence-electron chi connectivity index (χ3n) is 7.09. The first-order valence-corrected chi connectivity index (χ1v) is 14.1. The Morgan fingerprint density at radius 3 is 2.49 bits per heavy atom. The molecule has 10 heteroatoms. The molecular formula is C27H34N6O3S. The van der Waals surface area contributed by atoms with Crippen molar-refractivity contribution in [1.82, 2.24) is 10.3 Å². The van der Waals surface area contributed by atoms with Gasteiger partial charge in [0.2, 0.25) is 0 Å². The Morgan fingerprint density at radius 1 is 1.08 bits per heavy atom. The van der Waals surface area contributed by atoms with Crippen LogP contribution in [0.5, 0.6) is 0 Å². The molecule has 2 aromatic carbocycles. The van der Waals surface area contributed by atoms with E-state index < -0.39 is 20.9 Å². The van der Waals surface area contributed by atoms with Gasteiger partial charge in [-0.25, -0.2) is 8.42 Å². The van der Waals surface area contributed by atoms with Crippen LogP contribution in [0.15, 0.2) is 70.7 Å². The summed E-state index contributed by atoms with van der Waals surface area (Å²) in [7, 11) is -3.44. The molecule has 5 rings (SSSR count). The predicted octanol–water partition coefficient (Wildman–Crippen LogP) is 2.89. The normalized spacial score (nSPS) is 21.5. The van der Waals surface area contributed by atoms with Crippen molar-refractivity contribution in [1.29, 1.82) is 0 Å². The van der Waals surface area contributed by atoms with Gasteiger partial charge in [-0.05, 0) is 56.5 Å². The number of aliphatic imine (C=N–C) groups is 1. The third kappa shape index (κ3) is 4.96. The van der Waals surface area contributed by atoms with Gasteiger partial charge in [0.15, 0.2) is 21.5 Å². The molecule has 1 atom stereocenters. The molecule has 2 aliphatic heterocycles. The summed E-state index contributed by atoms with van der Waals surface area (Å²) in [5.74, 6) is -0.569. The maximum absolute atomic E-state index is 12.9. The van der Waals surface area contributed by atoms with E-state index in [1.165, 1.54) is 0 Å². The number of rotatable bonds is 6. The van der Waals surface area contributed by atoms with Crippen molar-refractivity contribution < 1.29 is 13.5 Å². The van der Waals surface area contributed by atoms with Gasteiger partial charge in [-0.3, -0.25) is 10.7 Å². The molecule has 0 bridgehead atoms. The molecular weight excluding hydrogens is 488 g/mol. The molecule has 6 N–H and O–H groups in total. The number of fused-ring (bicyclic) bond motifs is 1. The second-order valence-electron chi connectivity index (χ2n) is 9.96. The number of H-pyrrole nitrogens is 1. The number of benzene rings is 2. The van der Waals surface area contributed by atoms with Crippen LogP contribution in [0.1, 0.15) is 43.5 Å². The summed E-state index contributed by atoms with van der Waals surface area (Å²) in [6.07, 6.45) is 3.13. The van der Waals surface area contributed by atoms with Crippen molar-refractivity contribution in [2.45, 2.75) is 55.3 Å². The topological polar surface area (TPSA) is 136 Å². The van der Waals surface area contributed by atoms with Gasteiger partial charge in [0, 0.05) is 30.5 Å². The van der Waals surface area contributed by atoms with Crippen LogP contribution in [-0.4, -0.2) is 48.8 Å². The Kier molecular flexibility index (Phi) is 6.74. The highest BCUT2D eigenvalue weighted by atomic mass is 32.2. The Labute approximate surface area is 217 Å². The van der Waals surface area contributed by atoms with E-state index in [0.717, 1.165) is 48.6 Å². The number of amidine groups is 1. The zero-order valence-corrected chi connectivity index (χ0v) is 21.9. The smallest absolute Gasteiger partial charge is 0.190 e. The largest absolute Gasteiger partial charge is 0.393 e. The molecule has 0 saturated carbocycles. The van der Waals surface area contributed by atoms with Crippen molar-refractivity contribution >= 4 is 27.0 Å². The summed E-state index contributed by atoms with van der Waals surface area (Å²) >= 11 is 0. The molecule has 1 fully saturated rings. The molecule has 2 aliphatic rings. The number of piperidine rings is 1. The van der Waals surface area contributed by atoms with Crippen molar-refractivity contribution in [3.05, 3.63) is 77.6 Å². The average Bonchev–Trinajstić information content (AvgIpc) is 3.36. The molecule has 0 spiro atoms. The minimum Gasteiger partial charge on any atom is -0.393 e. The minimum absolute atomic E-state index is 0.179. The van der Waals surface area contributed by atoms with Crippen molar-refractivity contribution in [3.63, 3.8) is 0 Å². The fourth-order valence-corrected chi connectivity index (χ4v) is 6.09. The van der Waals surface area contributed by atoms with Crippen molar-refractivity contribution in [2.24, 2.45) is 10.7 Å². The first kappa shape index (κ1) is 25.3. The van der Waals surface area contributed by atoms with Crippen molar-refractivity contribution in [3.8, 4) is 0 Å². The number of hydrogen-bond acceptors (Lipinski definition) is 7. The van der Waals surface area contributed by atoms with E-state index >= 15 is 0 Å². The molecule has 196 valence electrons. The number of hydrogen-bond donors (Lipinski definition) is 5. The molecule has 0 aliphatic carbocycles. The van der Waals surface area contributed by atoms with Crippen LogP contribution in [0, 0.1) is 0 Å². The number of aromatic amines is 1. The van der Waals surface area contributed by atoms with Crippen LogP contribution >= 0.6 is 0 Å². The second kappa shape index (κ2) is 9.85. The molecule has 1 unspecified atom stereocenters.